The highest BCUT2D eigenvalue weighted by Crippen LogP contribution is 2.28. The Labute approximate surface area is 155 Å². The molecule has 0 radical (unpaired) electrons. The van der Waals surface area contributed by atoms with E-state index in [2.05, 4.69) is 59.0 Å². The average molecular weight is 360 g/mol. The molecule has 0 bridgehead atoms. The number of carbonyl (C=O) groups excluding carboxylic acids is 1. The van der Waals surface area contributed by atoms with Gasteiger partial charge in [-0.05, 0) is 32.9 Å². The summed E-state index contributed by atoms with van der Waals surface area (Å²) in [4.78, 5) is 13.6. The van der Waals surface area contributed by atoms with E-state index in [0.29, 0.717) is 6.42 Å². The van der Waals surface area contributed by atoms with E-state index in [4.69, 9.17) is 5.10 Å². The number of hydrogen-bond donors (Lipinski definition) is 1. The molecule has 0 aliphatic heterocycles. The van der Waals surface area contributed by atoms with Crippen LogP contribution in [0.2, 0.25) is 0 Å². The Kier molecular flexibility index (Phi) is 5.99. The molecule has 0 saturated carbocycles. The molecule has 1 aromatic heterocycles. The number of rotatable bonds is 5. The van der Waals surface area contributed by atoms with Gasteiger partial charge in [0.25, 0.3) is 0 Å². The number of nitrogens with zero attached hydrogens (tertiary/aromatic N) is 2. The highest BCUT2D eigenvalue weighted by molar-refractivity contribution is 7.99. The molecule has 1 N–H and O–H groups in total. The van der Waals surface area contributed by atoms with E-state index in [9.17, 15) is 4.79 Å². The Balaban J connectivity index is 2.03. The third kappa shape index (κ3) is 5.63. The lowest BCUT2D eigenvalue weighted by Gasteiger charge is -2.23. The molecular weight excluding hydrogens is 330 g/mol. The van der Waals surface area contributed by atoms with Gasteiger partial charge < -0.3 is 5.32 Å². The van der Waals surface area contributed by atoms with Crippen molar-refractivity contribution in [3.05, 3.63) is 42.1 Å². The molecule has 4 nitrogen and oxygen atoms in total. The molecule has 2 aromatic rings. The van der Waals surface area contributed by atoms with Crippen molar-refractivity contribution >= 4 is 23.5 Å². The summed E-state index contributed by atoms with van der Waals surface area (Å²) in [6.07, 6.45) is 0.472. The van der Waals surface area contributed by atoms with Gasteiger partial charge in [0.1, 0.15) is 5.82 Å². The number of hydrogen-bond acceptors (Lipinski definition) is 3. The van der Waals surface area contributed by atoms with Gasteiger partial charge in [-0.15, -0.1) is 11.8 Å². The lowest BCUT2D eigenvalue weighted by atomic mass is 9.92. The smallest absolute Gasteiger partial charge is 0.226 e. The number of thioether (sulfide) groups is 1. The first kappa shape index (κ1) is 19.6. The van der Waals surface area contributed by atoms with Crippen molar-refractivity contribution in [2.24, 2.45) is 0 Å². The summed E-state index contributed by atoms with van der Waals surface area (Å²) < 4.78 is 1.91. The number of nitrogens with one attached hydrogen (secondary N) is 1. The standard InChI is InChI=1S/C20H29N3OS/c1-19(2,3)16-14-17(23(22-16)20(4,5)6)21-18(24)12-13-25-15-10-8-7-9-11-15/h7-11,14H,12-13H2,1-6H3,(H,21,24). The van der Waals surface area contributed by atoms with Gasteiger partial charge in [0.2, 0.25) is 5.91 Å². The zero-order valence-electron chi connectivity index (χ0n) is 16.1. The van der Waals surface area contributed by atoms with Gasteiger partial charge in [-0.2, -0.15) is 5.10 Å². The van der Waals surface area contributed by atoms with Crippen molar-refractivity contribution in [1.82, 2.24) is 9.78 Å². The monoisotopic (exact) mass is 359 g/mol. The van der Waals surface area contributed by atoms with Crippen LogP contribution < -0.4 is 5.32 Å². The van der Waals surface area contributed by atoms with Crippen LogP contribution in [0.25, 0.3) is 0 Å². The summed E-state index contributed by atoms with van der Waals surface area (Å²) >= 11 is 1.70. The van der Waals surface area contributed by atoms with E-state index in [1.165, 1.54) is 4.90 Å². The number of amides is 1. The molecule has 0 saturated heterocycles. The first-order valence-corrected chi connectivity index (χ1v) is 9.64. The van der Waals surface area contributed by atoms with Crippen molar-refractivity contribution in [3.63, 3.8) is 0 Å². The summed E-state index contributed by atoms with van der Waals surface area (Å²) in [5.74, 6) is 1.55. The van der Waals surface area contributed by atoms with Gasteiger partial charge in [0.05, 0.1) is 11.2 Å². The summed E-state index contributed by atoms with van der Waals surface area (Å²) in [5.41, 5.74) is 0.737. The van der Waals surface area contributed by atoms with Crippen molar-refractivity contribution in [2.45, 2.75) is 63.8 Å². The van der Waals surface area contributed by atoms with Crippen molar-refractivity contribution in [2.75, 3.05) is 11.1 Å². The quantitative estimate of drug-likeness (QED) is 0.759. The van der Waals surface area contributed by atoms with E-state index in [1.807, 2.05) is 28.9 Å². The highest BCUT2D eigenvalue weighted by atomic mass is 32.2. The maximum absolute atomic E-state index is 12.4. The van der Waals surface area contributed by atoms with E-state index in [-0.39, 0.29) is 16.9 Å². The number of aromatic nitrogens is 2. The molecule has 2 rings (SSSR count). The highest BCUT2D eigenvalue weighted by Gasteiger charge is 2.25. The summed E-state index contributed by atoms with van der Waals surface area (Å²) in [5, 5.41) is 7.77. The average Bonchev–Trinajstić information content (AvgIpc) is 2.92. The minimum atomic E-state index is -0.190. The number of anilines is 1. The molecule has 0 atom stereocenters. The zero-order valence-corrected chi connectivity index (χ0v) is 16.9. The molecule has 25 heavy (non-hydrogen) atoms. The second-order valence-electron chi connectivity index (χ2n) is 8.21. The maximum Gasteiger partial charge on any atom is 0.226 e. The molecule has 1 aromatic carbocycles. The largest absolute Gasteiger partial charge is 0.311 e. The first-order valence-electron chi connectivity index (χ1n) is 8.66. The fraction of sp³-hybridized carbons (Fsp3) is 0.500. The van der Waals surface area contributed by atoms with E-state index in [0.717, 1.165) is 17.3 Å². The van der Waals surface area contributed by atoms with Gasteiger partial charge >= 0.3 is 0 Å². The van der Waals surface area contributed by atoms with Crippen LogP contribution in [-0.4, -0.2) is 21.4 Å². The number of carbonyl (C=O) groups is 1. The molecule has 0 unspecified atom stereocenters. The van der Waals surface area contributed by atoms with Gasteiger partial charge in [0, 0.05) is 28.6 Å². The van der Waals surface area contributed by atoms with Crippen molar-refractivity contribution in [3.8, 4) is 0 Å². The number of benzene rings is 1. The van der Waals surface area contributed by atoms with Crippen LogP contribution in [-0.2, 0) is 15.7 Å². The lowest BCUT2D eigenvalue weighted by Crippen LogP contribution is -2.27. The molecule has 0 aliphatic rings. The second kappa shape index (κ2) is 7.65. The Morgan fingerprint density at radius 2 is 1.76 bits per heavy atom. The summed E-state index contributed by atoms with van der Waals surface area (Å²) in [6.45, 7) is 12.7. The van der Waals surface area contributed by atoms with Gasteiger partial charge in [-0.3, -0.25) is 4.79 Å². The topological polar surface area (TPSA) is 46.9 Å². The van der Waals surface area contributed by atoms with Gasteiger partial charge in [-0.25, -0.2) is 4.68 Å². The van der Waals surface area contributed by atoms with Crippen LogP contribution in [0.15, 0.2) is 41.3 Å². The Bertz CT molecular complexity index is 709. The normalized spacial score (nSPS) is 12.2. The Hall–Kier alpha value is -1.75. The molecule has 0 spiro atoms. The Morgan fingerprint density at radius 3 is 2.32 bits per heavy atom. The molecule has 0 aliphatic carbocycles. The second-order valence-corrected chi connectivity index (χ2v) is 9.38. The lowest BCUT2D eigenvalue weighted by molar-refractivity contribution is -0.115. The summed E-state index contributed by atoms with van der Waals surface area (Å²) in [7, 11) is 0. The first-order chi connectivity index (χ1) is 11.6. The van der Waals surface area contributed by atoms with Crippen LogP contribution in [0.4, 0.5) is 5.82 Å². The van der Waals surface area contributed by atoms with Crippen LogP contribution >= 0.6 is 11.8 Å². The molecule has 5 heteroatoms. The predicted octanol–water partition coefficient (Wildman–Crippen LogP) is 5.06. The zero-order chi connectivity index (χ0) is 18.7. The van der Waals surface area contributed by atoms with E-state index >= 15 is 0 Å². The molecule has 1 amide bonds. The molecule has 136 valence electrons. The van der Waals surface area contributed by atoms with Gasteiger partial charge in [0.15, 0.2) is 0 Å². The van der Waals surface area contributed by atoms with Crippen LogP contribution in [0.3, 0.4) is 0 Å². The predicted molar refractivity (Wildman–Crippen MR) is 106 cm³/mol. The van der Waals surface area contributed by atoms with E-state index < -0.39 is 0 Å². The minimum absolute atomic E-state index is 0.0225. The third-order valence-corrected chi connectivity index (χ3v) is 4.74. The summed E-state index contributed by atoms with van der Waals surface area (Å²) in [6, 6.07) is 12.1. The molecular formula is C20H29N3OS. The molecule has 0 fully saturated rings. The fourth-order valence-corrected chi connectivity index (χ4v) is 3.20. The SMILES string of the molecule is CC(C)(C)c1cc(NC(=O)CCSc2ccccc2)n(C(C)(C)C)n1. The third-order valence-electron chi connectivity index (χ3n) is 3.72. The molecule has 1 heterocycles. The Morgan fingerprint density at radius 1 is 1.12 bits per heavy atom. The van der Waals surface area contributed by atoms with Crippen molar-refractivity contribution in [1.29, 1.82) is 0 Å². The van der Waals surface area contributed by atoms with E-state index in [1.54, 1.807) is 11.8 Å². The van der Waals surface area contributed by atoms with Gasteiger partial charge in [-0.1, -0.05) is 39.0 Å². The van der Waals surface area contributed by atoms with Crippen molar-refractivity contribution < 1.29 is 4.79 Å². The van der Waals surface area contributed by atoms with Crippen LogP contribution in [0, 0.1) is 0 Å². The van der Waals surface area contributed by atoms with Crippen LogP contribution in [0.5, 0.6) is 0 Å². The van der Waals surface area contributed by atoms with Crippen LogP contribution in [0.1, 0.15) is 53.7 Å². The minimum Gasteiger partial charge on any atom is -0.311 e. The fourth-order valence-electron chi connectivity index (χ4n) is 2.33. The maximum atomic E-state index is 12.4.